The van der Waals surface area contributed by atoms with E-state index in [2.05, 4.69) is 20.6 Å². The lowest BCUT2D eigenvalue weighted by Crippen LogP contribution is -2.30. The van der Waals surface area contributed by atoms with Crippen molar-refractivity contribution in [2.45, 2.75) is 0 Å². The molecule has 0 aliphatic carbocycles. The summed E-state index contributed by atoms with van der Waals surface area (Å²) in [6, 6.07) is 0. The zero-order valence-corrected chi connectivity index (χ0v) is 10.7. The van der Waals surface area contributed by atoms with Crippen molar-refractivity contribution in [2.24, 2.45) is 0 Å². The summed E-state index contributed by atoms with van der Waals surface area (Å²) in [7, 11) is 1.59. The van der Waals surface area contributed by atoms with Gasteiger partial charge in [-0.05, 0) is 0 Å². The fourth-order valence-corrected chi connectivity index (χ4v) is 1.27. The Bertz CT molecular complexity index is 389. The van der Waals surface area contributed by atoms with E-state index in [9.17, 15) is 4.79 Å². The molecule has 2 N–H and O–H groups in total. The number of hydrogen-bond acceptors (Lipinski definition) is 5. The Balaban J connectivity index is 2.43. The second-order valence-corrected chi connectivity index (χ2v) is 3.78. The largest absolute Gasteiger partial charge is 0.383 e. The third kappa shape index (κ3) is 4.82. The molecule has 8 heteroatoms. The van der Waals surface area contributed by atoms with Gasteiger partial charge in [0.05, 0.1) is 13.2 Å². The SMILES string of the molecule is COCCNCC(=O)Nc1ncnc(Cl)c1Cl. The molecule has 1 amide bonds. The number of methoxy groups -OCH3 is 1. The number of hydrogen-bond donors (Lipinski definition) is 2. The van der Waals surface area contributed by atoms with Gasteiger partial charge in [0.1, 0.15) is 11.3 Å². The summed E-state index contributed by atoms with van der Waals surface area (Å²) in [6.07, 6.45) is 1.22. The minimum absolute atomic E-state index is 0.101. The van der Waals surface area contributed by atoms with E-state index in [-0.39, 0.29) is 28.4 Å². The molecule has 1 heterocycles. The van der Waals surface area contributed by atoms with E-state index in [1.54, 1.807) is 7.11 Å². The van der Waals surface area contributed by atoms with Gasteiger partial charge in [-0.1, -0.05) is 23.2 Å². The minimum Gasteiger partial charge on any atom is -0.383 e. The van der Waals surface area contributed by atoms with Crippen molar-refractivity contribution >= 4 is 34.9 Å². The van der Waals surface area contributed by atoms with Gasteiger partial charge in [-0.15, -0.1) is 0 Å². The second-order valence-electron chi connectivity index (χ2n) is 3.04. The third-order valence-corrected chi connectivity index (χ3v) is 2.51. The van der Waals surface area contributed by atoms with Crippen LogP contribution in [-0.2, 0) is 9.53 Å². The van der Waals surface area contributed by atoms with E-state index in [1.807, 2.05) is 0 Å². The predicted octanol–water partition coefficient (Wildman–Crippen LogP) is 0.958. The lowest BCUT2D eigenvalue weighted by Gasteiger charge is -2.07. The summed E-state index contributed by atoms with van der Waals surface area (Å²) in [5.41, 5.74) is 0. The number of carbonyl (C=O) groups excluding carboxylic acids is 1. The van der Waals surface area contributed by atoms with Crippen LogP contribution >= 0.6 is 23.2 Å². The van der Waals surface area contributed by atoms with Crippen molar-refractivity contribution in [2.75, 3.05) is 32.1 Å². The van der Waals surface area contributed by atoms with Crippen LogP contribution in [0.5, 0.6) is 0 Å². The van der Waals surface area contributed by atoms with Gasteiger partial charge in [-0.3, -0.25) is 4.79 Å². The number of amides is 1. The van der Waals surface area contributed by atoms with Gasteiger partial charge in [-0.2, -0.15) is 0 Å². The first kappa shape index (κ1) is 14.1. The Morgan fingerprint density at radius 1 is 1.47 bits per heavy atom. The average Bonchev–Trinajstić information content (AvgIpc) is 2.31. The van der Waals surface area contributed by atoms with Crippen LogP contribution in [-0.4, -0.2) is 42.7 Å². The normalized spacial score (nSPS) is 10.3. The van der Waals surface area contributed by atoms with Crippen LogP contribution in [0, 0.1) is 0 Å². The van der Waals surface area contributed by atoms with Gasteiger partial charge in [0.25, 0.3) is 0 Å². The van der Waals surface area contributed by atoms with Crippen LogP contribution in [0.3, 0.4) is 0 Å². The highest BCUT2D eigenvalue weighted by molar-refractivity contribution is 6.42. The molecule has 0 aliphatic rings. The molecule has 0 bridgehead atoms. The van der Waals surface area contributed by atoms with Crippen molar-refractivity contribution in [3.8, 4) is 0 Å². The van der Waals surface area contributed by atoms with Gasteiger partial charge >= 0.3 is 0 Å². The van der Waals surface area contributed by atoms with Crippen molar-refractivity contribution in [1.82, 2.24) is 15.3 Å². The first-order chi connectivity index (χ1) is 8.15. The van der Waals surface area contributed by atoms with Crippen LogP contribution < -0.4 is 10.6 Å². The molecule has 0 unspecified atom stereocenters. The molecule has 0 saturated heterocycles. The number of aromatic nitrogens is 2. The molecule has 0 saturated carbocycles. The first-order valence-electron chi connectivity index (χ1n) is 4.80. The molecule has 0 fully saturated rings. The van der Waals surface area contributed by atoms with Crippen molar-refractivity contribution in [3.63, 3.8) is 0 Å². The summed E-state index contributed by atoms with van der Waals surface area (Å²) in [4.78, 5) is 18.9. The number of rotatable bonds is 6. The van der Waals surface area contributed by atoms with Crippen LogP contribution in [0.2, 0.25) is 10.2 Å². The zero-order chi connectivity index (χ0) is 12.7. The Labute approximate surface area is 109 Å². The maximum Gasteiger partial charge on any atom is 0.239 e. The van der Waals surface area contributed by atoms with Gasteiger partial charge < -0.3 is 15.4 Å². The lowest BCUT2D eigenvalue weighted by atomic mass is 10.5. The lowest BCUT2D eigenvalue weighted by molar-refractivity contribution is -0.115. The molecular weight excluding hydrogens is 267 g/mol. The smallest absolute Gasteiger partial charge is 0.239 e. The molecule has 0 aromatic carbocycles. The number of ether oxygens (including phenoxy) is 1. The van der Waals surface area contributed by atoms with Gasteiger partial charge in [-0.25, -0.2) is 9.97 Å². The number of nitrogens with zero attached hydrogens (tertiary/aromatic N) is 2. The first-order valence-corrected chi connectivity index (χ1v) is 5.56. The molecular formula is C9H12Cl2N4O2. The average molecular weight is 279 g/mol. The van der Waals surface area contributed by atoms with Crippen molar-refractivity contribution in [3.05, 3.63) is 16.5 Å². The summed E-state index contributed by atoms with van der Waals surface area (Å²) in [5.74, 6) is -0.0667. The highest BCUT2D eigenvalue weighted by atomic mass is 35.5. The predicted molar refractivity (Wildman–Crippen MR) is 65.4 cm³/mol. The number of carbonyl (C=O) groups is 1. The number of halogens is 2. The Hall–Kier alpha value is -0.950. The number of anilines is 1. The molecule has 0 aliphatic heterocycles. The molecule has 0 atom stereocenters. The van der Waals surface area contributed by atoms with E-state index in [4.69, 9.17) is 27.9 Å². The maximum absolute atomic E-state index is 11.5. The van der Waals surface area contributed by atoms with Crippen LogP contribution in [0.15, 0.2) is 6.33 Å². The minimum atomic E-state index is -0.266. The molecule has 94 valence electrons. The zero-order valence-electron chi connectivity index (χ0n) is 9.17. The number of nitrogens with one attached hydrogen (secondary N) is 2. The standard InChI is InChI=1S/C9H12Cl2N4O2/c1-17-3-2-12-4-6(16)15-9-7(10)8(11)13-5-14-9/h5,12H,2-4H2,1H3,(H,13,14,15,16). The molecule has 0 radical (unpaired) electrons. The molecule has 1 aromatic rings. The van der Waals surface area contributed by atoms with E-state index < -0.39 is 0 Å². The van der Waals surface area contributed by atoms with E-state index in [0.29, 0.717) is 13.2 Å². The Kier molecular flexibility index (Phi) is 6.13. The maximum atomic E-state index is 11.5. The van der Waals surface area contributed by atoms with E-state index >= 15 is 0 Å². The highest BCUT2D eigenvalue weighted by Gasteiger charge is 2.09. The quantitative estimate of drug-likeness (QED) is 0.599. The summed E-state index contributed by atoms with van der Waals surface area (Å²) < 4.78 is 4.82. The van der Waals surface area contributed by atoms with Crippen LogP contribution in [0.4, 0.5) is 5.82 Å². The summed E-state index contributed by atoms with van der Waals surface area (Å²) in [6.45, 7) is 1.26. The fraction of sp³-hybridized carbons (Fsp3) is 0.444. The van der Waals surface area contributed by atoms with E-state index in [0.717, 1.165) is 0 Å². The summed E-state index contributed by atoms with van der Waals surface area (Å²) in [5, 5.41) is 5.63. The monoisotopic (exact) mass is 278 g/mol. The molecule has 1 aromatic heterocycles. The fourth-order valence-electron chi connectivity index (χ4n) is 0.988. The topological polar surface area (TPSA) is 76.1 Å². The van der Waals surface area contributed by atoms with Crippen molar-refractivity contribution in [1.29, 1.82) is 0 Å². The molecule has 0 spiro atoms. The van der Waals surface area contributed by atoms with Crippen LogP contribution in [0.1, 0.15) is 0 Å². The van der Waals surface area contributed by atoms with E-state index in [1.165, 1.54) is 6.33 Å². The third-order valence-electron chi connectivity index (χ3n) is 1.77. The highest BCUT2D eigenvalue weighted by Crippen LogP contribution is 2.24. The molecule has 6 nitrogen and oxygen atoms in total. The van der Waals surface area contributed by atoms with Gasteiger partial charge in [0.2, 0.25) is 5.91 Å². The Morgan fingerprint density at radius 2 is 2.24 bits per heavy atom. The second kappa shape index (κ2) is 7.39. The molecule has 17 heavy (non-hydrogen) atoms. The van der Waals surface area contributed by atoms with Gasteiger partial charge in [0.15, 0.2) is 11.0 Å². The van der Waals surface area contributed by atoms with Crippen molar-refractivity contribution < 1.29 is 9.53 Å². The Morgan fingerprint density at radius 3 is 2.94 bits per heavy atom. The summed E-state index contributed by atoms with van der Waals surface area (Å²) >= 11 is 11.5. The van der Waals surface area contributed by atoms with Gasteiger partial charge in [0, 0.05) is 13.7 Å². The molecule has 1 rings (SSSR count). The van der Waals surface area contributed by atoms with Crippen LogP contribution in [0.25, 0.3) is 0 Å².